The Labute approximate surface area is 86.2 Å². The summed E-state index contributed by atoms with van der Waals surface area (Å²) in [6, 6.07) is 0. The predicted molar refractivity (Wildman–Crippen MR) is 46.3 cm³/mol. The first kappa shape index (κ1) is 12.4. The summed E-state index contributed by atoms with van der Waals surface area (Å²) in [5.74, 6) is 0. The quantitative estimate of drug-likeness (QED) is 0.433. The molecular formula is C9H20BrNO. The van der Waals surface area contributed by atoms with Gasteiger partial charge in [0.05, 0.1) is 13.6 Å². The van der Waals surface area contributed by atoms with Gasteiger partial charge < -0.3 is 26.2 Å². The lowest BCUT2D eigenvalue weighted by Crippen LogP contribution is -3.00. The largest absolute Gasteiger partial charge is 1.00 e. The van der Waals surface area contributed by atoms with Crippen molar-refractivity contribution in [3.05, 3.63) is 0 Å². The van der Waals surface area contributed by atoms with E-state index in [0.717, 1.165) is 17.8 Å². The lowest BCUT2D eigenvalue weighted by atomic mass is 10.2. The van der Waals surface area contributed by atoms with Crippen molar-refractivity contribution in [2.24, 2.45) is 0 Å². The van der Waals surface area contributed by atoms with Crippen molar-refractivity contribution < 1.29 is 26.2 Å². The molecule has 0 amide bonds. The van der Waals surface area contributed by atoms with Gasteiger partial charge in [0.15, 0.2) is 6.73 Å². The second kappa shape index (κ2) is 5.95. The normalized spacial score (nSPS) is 28.5. The van der Waals surface area contributed by atoms with Crippen molar-refractivity contribution >= 4 is 0 Å². The molecule has 1 aliphatic heterocycles. The minimum Gasteiger partial charge on any atom is -1.00 e. The van der Waals surface area contributed by atoms with E-state index >= 15 is 0 Å². The fraction of sp³-hybridized carbons (Fsp3) is 1.00. The molecule has 74 valence electrons. The second-order valence-corrected chi connectivity index (χ2v) is 3.81. The molecule has 1 atom stereocenters. The first-order valence-corrected chi connectivity index (χ1v) is 4.68. The predicted octanol–water partition coefficient (Wildman–Crippen LogP) is -1.39. The van der Waals surface area contributed by atoms with Gasteiger partial charge in [-0.05, 0) is 12.8 Å². The lowest BCUT2D eigenvalue weighted by molar-refractivity contribution is -0.906. The standard InChI is InChI=1S/C9H20NO.BrH/c1-3-4-5-6-10(2)7-8-11-9-10;/h3-9H2,1-2H3;1H/q+1;/p-1. The van der Waals surface area contributed by atoms with Gasteiger partial charge >= 0.3 is 0 Å². The SMILES string of the molecule is CCCCC[N+]1(C)CCOC1.[Br-]. The molecule has 0 aromatic heterocycles. The highest BCUT2D eigenvalue weighted by Gasteiger charge is 2.26. The monoisotopic (exact) mass is 237 g/mol. The molecule has 0 bridgehead atoms. The summed E-state index contributed by atoms with van der Waals surface area (Å²) in [5.41, 5.74) is 0. The molecule has 0 radical (unpaired) electrons. The molecule has 3 heteroatoms. The zero-order valence-electron chi connectivity index (χ0n) is 8.18. The van der Waals surface area contributed by atoms with Gasteiger partial charge in [0.25, 0.3) is 0 Å². The van der Waals surface area contributed by atoms with Crippen LogP contribution in [0, 0.1) is 0 Å². The van der Waals surface area contributed by atoms with Crippen LogP contribution < -0.4 is 17.0 Å². The molecule has 12 heavy (non-hydrogen) atoms. The molecule has 0 saturated carbocycles. The third-order valence-corrected chi connectivity index (χ3v) is 2.48. The molecule has 0 aromatic rings. The number of hydrogen-bond donors (Lipinski definition) is 0. The van der Waals surface area contributed by atoms with Crippen molar-refractivity contribution in [3.63, 3.8) is 0 Å². The van der Waals surface area contributed by atoms with Gasteiger partial charge in [-0.15, -0.1) is 0 Å². The Morgan fingerprint density at radius 3 is 2.58 bits per heavy atom. The van der Waals surface area contributed by atoms with Crippen molar-refractivity contribution in [1.82, 2.24) is 0 Å². The summed E-state index contributed by atoms with van der Waals surface area (Å²) in [6.45, 7) is 6.66. The number of rotatable bonds is 4. The highest BCUT2D eigenvalue weighted by Crippen LogP contribution is 2.11. The fourth-order valence-corrected chi connectivity index (χ4v) is 1.55. The molecule has 2 nitrogen and oxygen atoms in total. The van der Waals surface area contributed by atoms with E-state index in [1.165, 1.54) is 32.4 Å². The number of quaternary nitrogens is 1. The minimum absolute atomic E-state index is 0. The highest BCUT2D eigenvalue weighted by molar-refractivity contribution is 4.43. The summed E-state index contributed by atoms with van der Waals surface area (Å²) in [6.07, 6.45) is 4.05. The molecule has 1 aliphatic rings. The molecule has 1 saturated heterocycles. The van der Waals surface area contributed by atoms with Crippen molar-refractivity contribution in [2.75, 3.05) is 33.5 Å². The van der Waals surface area contributed by atoms with Crippen LogP contribution in [-0.4, -0.2) is 38.0 Å². The highest BCUT2D eigenvalue weighted by atomic mass is 79.9. The Morgan fingerprint density at radius 1 is 1.33 bits per heavy atom. The molecule has 0 N–H and O–H groups in total. The van der Waals surface area contributed by atoms with Crippen LogP contribution in [0.5, 0.6) is 0 Å². The number of likely N-dealkylation sites (N-methyl/N-ethyl adjacent to an activating group) is 1. The average molecular weight is 238 g/mol. The van der Waals surface area contributed by atoms with Crippen LogP contribution in [0.25, 0.3) is 0 Å². The number of hydrogen-bond acceptors (Lipinski definition) is 1. The van der Waals surface area contributed by atoms with Gasteiger partial charge in [-0.1, -0.05) is 13.3 Å². The molecule has 1 heterocycles. The van der Waals surface area contributed by atoms with Gasteiger partial charge in [0.1, 0.15) is 13.2 Å². The van der Waals surface area contributed by atoms with E-state index in [-0.39, 0.29) is 17.0 Å². The second-order valence-electron chi connectivity index (χ2n) is 3.81. The van der Waals surface area contributed by atoms with E-state index in [1.54, 1.807) is 0 Å². The fourth-order valence-electron chi connectivity index (χ4n) is 1.55. The van der Waals surface area contributed by atoms with E-state index in [2.05, 4.69) is 14.0 Å². The third kappa shape index (κ3) is 3.87. The van der Waals surface area contributed by atoms with Crippen LogP contribution >= 0.6 is 0 Å². The maximum absolute atomic E-state index is 5.36. The smallest absolute Gasteiger partial charge is 0.183 e. The number of unbranched alkanes of at least 4 members (excludes halogenated alkanes) is 2. The van der Waals surface area contributed by atoms with Gasteiger partial charge in [-0.25, -0.2) is 0 Å². The van der Waals surface area contributed by atoms with Gasteiger partial charge in [-0.3, -0.25) is 0 Å². The van der Waals surface area contributed by atoms with Crippen LogP contribution in [0.1, 0.15) is 26.2 Å². The van der Waals surface area contributed by atoms with Gasteiger partial charge in [0, 0.05) is 0 Å². The molecular weight excluding hydrogens is 218 g/mol. The Hall–Kier alpha value is 0.400. The molecule has 0 spiro atoms. The minimum atomic E-state index is 0. The van der Waals surface area contributed by atoms with Crippen molar-refractivity contribution in [2.45, 2.75) is 26.2 Å². The Kier molecular flexibility index (Phi) is 6.14. The van der Waals surface area contributed by atoms with Crippen LogP contribution in [0.3, 0.4) is 0 Å². The van der Waals surface area contributed by atoms with E-state index < -0.39 is 0 Å². The zero-order valence-corrected chi connectivity index (χ0v) is 9.77. The molecule has 1 unspecified atom stereocenters. The van der Waals surface area contributed by atoms with Crippen LogP contribution in [-0.2, 0) is 4.74 Å². The summed E-state index contributed by atoms with van der Waals surface area (Å²) < 4.78 is 6.50. The molecule has 0 aliphatic carbocycles. The maximum Gasteiger partial charge on any atom is 0.183 e. The van der Waals surface area contributed by atoms with E-state index in [9.17, 15) is 0 Å². The molecule has 1 rings (SSSR count). The first-order chi connectivity index (χ1) is 5.27. The lowest BCUT2D eigenvalue weighted by Gasteiger charge is -2.26. The van der Waals surface area contributed by atoms with Gasteiger partial charge in [-0.2, -0.15) is 0 Å². The van der Waals surface area contributed by atoms with Crippen molar-refractivity contribution in [3.8, 4) is 0 Å². The Balaban J connectivity index is 0.00000121. The van der Waals surface area contributed by atoms with Crippen molar-refractivity contribution in [1.29, 1.82) is 0 Å². The zero-order chi connectivity index (χ0) is 8.16. The number of ether oxygens (including phenoxy) is 1. The summed E-state index contributed by atoms with van der Waals surface area (Å²) in [4.78, 5) is 0. The first-order valence-electron chi connectivity index (χ1n) is 4.68. The molecule has 0 aromatic carbocycles. The Bertz CT molecular complexity index is 113. The number of nitrogens with zero attached hydrogens (tertiary/aromatic N) is 1. The molecule has 1 fully saturated rings. The van der Waals surface area contributed by atoms with Crippen LogP contribution in [0.4, 0.5) is 0 Å². The summed E-state index contributed by atoms with van der Waals surface area (Å²) in [7, 11) is 2.29. The number of halogens is 1. The van der Waals surface area contributed by atoms with Crippen LogP contribution in [0.2, 0.25) is 0 Å². The van der Waals surface area contributed by atoms with E-state index in [1.807, 2.05) is 0 Å². The summed E-state index contributed by atoms with van der Waals surface area (Å²) >= 11 is 0. The van der Waals surface area contributed by atoms with Crippen LogP contribution in [0.15, 0.2) is 0 Å². The third-order valence-electron chi connectivity index (χ3n) is 2.48. The maximum atomic E-state index is 5.36. The van der Waals surface area contributed by atoms with Gasteiger partial charge in [0.2, 0.25) is 0 Å². The van der Waals surface area contributed by atoms with E-state index in [4.69, 9.17) is 4.74 Å². The summed E-state index contributed by atoms with van der Waals surface area (Å²) in [5, 5.41) is 0. The topological polar surface area (TPSA) is 9.23 Å². The average Bonchev–Trinajstić information content (AvgIpc) is 2.38. The Morgan fingerprint density at radius 2 is 2.08 bits per heavy atom. The van der Waals surface area contributed by atoms with E-state index in [0.29, 0.717) is 0 Å².